The molecule has 0 bridgehead atoms. The molecule has 23 heteroatoms. The summed E-state index contributed by atoms with van der Waals surface area (Å²) in [4.78, 5) is 169. The van der Waals surface area contributed by atoms with E-state index in [9.17, 15) is 48.3 Å². The molecule has 5 N–H and O–H groups in total. The highest BCUT2D eigenvalue weighted by Crippen LogP contribution is 2.26. The molecule has 0 radical (unpaired) electrons. The summed E-state index contributed by atoms with van der Waals surface area (Å²) < 4.78 is 0. The number of rotatable bonds is 15. The number of carbonyl (C=O) groups is 11. The summed E-state index contributed by atoms with van der Waals surface area (Å²) in [5.74, 6) is -10.3. The zero-order valence-corrected chi connectivity index (χ0v) is 56.9. The molecule has 1 fully saturated rings. The molecule has 1 unspecified atom stereocenters. The highest BCUT2D eigenvalue weighted by molar-refractivity contribution is 5.99. The van der Waals surface area contributed by atoms with Crippen LogP contribution in [-0.4, -0.2) is 227 Å². The van der Waals surface area contributed by atoms with Gasteiger partial charge in [-0.2, -0.15) is 0 Å². The van der Waals surface area contributed by atoms with Gasteiger partial charge in [-0.1, -0.05) is 116 Å². The SMILES string of the molecule is C/C=C/C[C@@H](C)[C@H](O)C1C(=O)N[C@@H](C(C)C)[14C](=O)N(C)CC(=O)N(C)[C@@H](CC(C)C)C(=O)N[C@@H](C(C)C)C(=O)N(C)[C@@H](CC(C)C)C(=O)N[C@H](C)C(=O)N[C@@H](C)C(=O)N(C)[C@@H](CC(C)C)C(=O)N(C)[C@@H](CC(C)C)C(=O)N(C)[C@@H](C(C)C)C(=O)N1C. The molecule has 1 rings (SSSR count). The Morgan fingerprint density at radius 2 is 0.872 bits per heavy atom. The summed E-state index contributed by atoms with van der Waals surface area (Å²) in [6.07, 6.45) is 3.00. The maximum absolute atomic E-state index is 15.2. The van der Waals surface area contributed by atoms with Crippen molar-refractivity contribution in [3.8, 4) is 0 Å². The Hall–Kier alpha value is -6.13. The first-order valence-corrected chi connectivity index (χ1v) is 30.9. The molecule has 1 aliphatic heterocycles. The monoisotopic (exact) mass is 1220 g/mol. The molecule has 0 spiro atoms. The number of aliphatic hydroxyl groups excluding tert-OH is 1. The Bertz CT molecular complexity index is 2360. The van der Waals surface area contributed by atoms with Gasteiger partial charge in [0.25, 0.3) is 0 Å². The average Bonchev–Trinajstić information content (AvgIpc) is 2.16. The van der Waals surface area contributed by atoms with E-state index in [1.807, 2.05) is 61.5 Å². The van der Waals surface area contributed by atoms with Gasteiger partial charge in [-0.05, 0) is 100 Å². The first-order chi connectivity index (χ1) is 39.6. The van der Waals surface area contributed by atoms with Crippen LogP contribution in [0.15, 0.2) is 12.2 Å². The van der Waals surface area contributed by atoms with Crippen LogP contribution in [-0.2, 0) is 52.7 Å². The highest BCUT2D eigenvalue weighted by atomic mass is 16.3. The number of likely N-dealkylation sites (N-methyl/N-ethyl adjacent to an activating group) is 7. The van der Waals surface area contributed by atoms with E-state index < -0.39 is 162 Å². The van der Waals surface area contributed by atoms with Gasteiger partial charge in [-0.25, -0.2) is 0 Å². The van der Waals surface area contributed by atoms with E-state index in [1.54, 1.807) is 61.5 Å². The van der Waals surface area contributed by atoms with Gasteiger partial charge in [0.05, 0.1) is 12.6 Å². The third kappa shape index (κ3) is 21.6. The maximum atomic E-state index is 15.2. The van der Waals surface area contributed by atoms with Crippen LogP contribution in [0.1, 0.15) is 157 Å². The van der Waals surface area contributed by atoms with Gasteiger partial charge in [0.1, 0.15) is 60.4 Å². The van der Waals surface area contributed by atoms with Crippen LogP contribution in [0.2, 0.25) is 0 Å². The van der Waals surface area contributed by atoms with E-state index >= 15 is 9.59 Å². The van der Waals surface area contributed by atoms with Crippen molar-refractivity contribution in [3.63, 3.8) is 0 Å². The number of nitrogens with zero attached hydrogens (tertiary/aromatic N) is 7. The summed E-state index contributed by atoms with van der Waals surface area (Å²) in [5, 5.41) is 23.2. The lowest BCUT2D eigenvalue weighted by atomic mass is 9.91. The van der Waals surface area contributed by atoms with Crippen molar-refractivity contribution in [2.75, 3.05) is 55.9 Å². The number of carbonyl (C=O) groups excluding carboxylic acids is 11. The van der Waals surface area contributed by atoms with Gasteiger partial charge < -0.3 is 60.7 Å². The zero-order chi connectivity index (χ0) is 66.8. The number of hydrogen-bond donors (Lipinski definition) is 5. The molecule has 1 aliphatic rings. The van der Waals surface area contributed by atoms with Gasteiger partial charge in [0, 0.05) is 49.3 Å². The lowest BCUT2D eigenvalue weighted by molar-refractivity contribution is -0.157. The molecule has 12 atom stereocenters. The number of hydrogen-bond acceptors (Lipinski definition) is 12. The van der Waals surface area contributed by atoms with Crippen molar-refractivity contribution in [2.45, 2.75) is 223 Å². The second kappa shape index (κ2) is 35.0. The Balaban J connectivity index is 4.37. The summed E-state index contributed by atoms with van der Waals surface area (Å²) in [7, 11) is 9.93. The van der Waals surface area contributed by atoms with E-state index in [0.29, 0.717) is 6.42 Å². The van der Waals surface area contributed by atoms with E-state index in [-0.39, 0.29) is 49.4 Å². The minimum atomic E-state index is -1.62. The van der Waals surface area contributed by atoms with E-state index in [1.165, 1.54) is 87.7 Å². The lowest BCUT2D eigenvalue weighted by Gasteiger charge is -2.41. The van der Waals surface area contributed by atoms with Crippen molar-refractivity contribution in [1.82, 2.24) is 55.6 Å². The number of allylic oxidation sites excluding steroid dienone is 2. The summed E-state index contributed by atoms with van der Waals surface area (Å²) >= 11 is 0. The van der Waals surface area contributed by atoms with Crippen LogP contribution in [0.3, 0.4) is 0 Å². The first-order valence-electron chi connectivity index (χ1n) is 30.9. The Kier molecular flexibility index (Phi) is 31.7. The largest absolute Gasteiger partial charge is 0.390 e. The average molecular weight is 1220 g/mol. The minimum absolute atomic E-state index is 0.131. The van der Waals surface area contributed by atoms with Crippen LogP contribution in [0.5, 0.6) is 0 Å². The van der Waals surface area contributed by atoms with Crippen LogP contribution >= 0.6 is 0 Å². The topological polar surface area (TPSA) is 279 Å². The molecular weight excluding hydrogens is 1100 g/mol. The molecule has 0 aromatic carbocycles. The summed E-state index contributed by atoms with van der Waals surface area (Å²) in [5.41, 5.74) is 0. The smallest absolute Gasteiger partial charge is 0.246 e. The van der Waals surface area contributed by atoms with Gasteiger partial charge in [0.15, 0.2) is 0 Å². The molecule has 86 heavy (non-hydrogen) atoms. The summed E-state index contributed by atoms with van der Waals surface area (Å²) in [6.45, 7) is 31.1. The molecule has 23 nitrogen and oxygen atoms in total. The molecular formula is C63H113N11O12. The fourth-order valence-corrected chi connectivity index (χ4v) is 10.8. The van der Waals surface area contributed by atoms with Crippen molar-refractivity contribution >= 4 is 65.0 Å². The van der Waals surface area contributed by atoms with Crippen LogP contribution in [0.25, 0.3) is 0 Å². The standard InChI is InChI=1S/C63H113N11O12/c1-26-27-28-41(16)53(76)52-57(80)67-49(38(10)11)61(84)68(19)33-48(75)69(20)44(29-34(2)3)56(79)66-50(39(12)13)62(85)70(21)45(30-35(4)5)55(78)64-42(17)54(77)65-43(18)58(81)71(22)46(31-36(6)7)59(82)72(23)47(32-37(8)9)60(83)73(24)51(40(14)15)63(86)74(52)25/h26-27,34-47,49-53,76H,28-33H2,1-25H3,(H,64,78)(H,65,77)(H,66,79)(H,67,80)/b27-26+/t41-,42-,43+,44+,45+,46+,47+,49+,50+,51+,52?,53+/m1/s1/i61+2. The second-order valence-corrected chi connectivity index (χ2v) is 26.9. The lowest BCUT2D eigenvalue weighted by Crippen LogP contribution is -2.64. The van der Waals surface area contributed by atoms with Crippen molar-refractivity contribution in [3.05, 3.63) is 12.2 Å². The van der Waals surface area contributed by atoms with Crippen LogP contribution in [0.4, 0.5) is 0 Å². The number of nitrogens with one attached hydrogen (secondary N) is 4. The molecule has 0 saturated carbocycles. The van der Waals surface area contributed by atoms with Crippen molar-refractivity contribution in [2.24, 2.45) is 47.3 Å². The number of aliphatic hydroxyl groups is 1. The van der Waals surface area contributed by atoms with Crippen molar-refractivity contribution in [1.29, 1.82) is 0 Å². The van der Waals surface area contributed by atoms with Crippen molar-refractivity contribution < 1.29 is 57.8 Å². The van der Waals surface area contributed by atoms with E-state index in [0.717, 1.165) is 9.80 Å². The number of amides is 11. The molecule has 11 amide bonds. The van der Waals surface area contributed by atoms with Crippen LogP contribution < -0.4 is 21.3 Å². The molecule has 1 saturated heterocycles. The zero-order valence-electron chi connectivity index (χ0n) is 56.9. The first kappa shape index (κ1) is 77.9. The molecule has 0 aliphatic carbocycles. The molecule has 1 heterocycles. The Labute approximate surface area is 515 Å². The van der Waals surface area contributed by atoms with E-state index in [2.05, 4.69) is 21.3 Å². The van der Waals surface area contributed by atoms with Crippen LogP contribution in [0, 0.1) is 47.3 Å². The highest BCUT2D eigenvalue weighted by Gasteiger charge is 2.46. The third-order valence-corrected chi connectivity index (χ3v) is 16.3. The molecule has 0 aromatic heterocycles. The Morgan fingerprint density at radius 1 is 0.465 bits per heavy atom. The normalized spacial score (nSPS) is 26.8. The van der Waals surface area contributed by atoms with Gasteiger partial charge in [0.2, 0.25) is 65.0 Å². The quantitative estimate of drug-likeness (QED) is 0.147. The van der Waals surface area contributed by atoms with E-state index in [4.69, 9.17) is 0 Å². The van der Waals surface area contributed by atoms with Gasteiger partial charge >= 0.3 is 0 Å². The fraction of sp³-hybridized carbons (Fsp3) is 0.794. The van der Waals surface area contributed by atoms with Gasteiger partial charge in [-0.15, -0.1) is 0 Å². The Morgan fingerprint density at radius 3 is 1.31 bits per heavy atom. The fourth-order valence-electron chi connectivity index (χ4n) is 10.8. The van der Waals surface area contributed by atoms with Gasteiger partial charge in [-0.3, -0.25) is 52.7 Å². The molecule has 0 aromatic rings. The predicted octanol–water partition coefficient (Wildman–Crippen LogP) is 3.52. The molecule has 492 valence electrons. The predicted molar refractivity (Wildman–Crippen MR) is 333 cm³/mol. The second-order valence-electron chi connectivity index (χ2n) is 26.9. The maximum Gasteiger partial charge on any atom is 0.246 e. The minimum Gasteiger partial charge on any atom is -0.390 e. The summed E-state index contributed by atoms with van der Waals surface area (Å²) in [6, 6.07) is -12.4. The third-order valence-electron chi connectivity index (χ3n) is 16.3.